The lowest BCUT2D eigenvalue weighted by Crippen LogP contribution is -2.42. The predicted molar refractivity (Wildman–Crippen MR) is 154 cm³/mol. The lowest BCUT2D eigenvalue weighted by Gasteiger charge is -2.16. The van der Waals surface area contributed by atoms with Crippen LogP contribution in [0.1, 0.15) is 31.8 Å². The standard InChI is InChI=1S/C32H28N2O8/c1-41-28-18-21(7-16-27(28)42-32(40)23-10-14-25(35)15-11-23)17-26(31(38)39)34-30(37)22-8-12-24(13-9-22)33-29(36)19-20-5-3-2-4-6-20/h2-16,18,26,35H,17,19H2,1H3,(H,33,36)(H,34,37)(H,38,39). The molecule has 1 atom stereocenters. The predicted octanol–water partition coefficient (Wildman–Crippen LogP) is 4.23. The molecule has 10 nitrogen and oxygen atoms in total. The first-order valence-corrected chi connectivity index (χ1v) is 12.9. The molecule has 4 rings (SSSR count). The van der Waals surface area contributed by atoms with Gasteiger partial charge in [0.15, 0.2) is 11.5 Å². The van der Waals surface area contributed by atoms with Crippen LogP contribution < -0.4 is 20.1 Å². The fraction of sp³-hybridized carbons (Fsp3) is 0.125. The van der Waals surface area contributed by atoms with E-state index in [4.69, 9.17) is 9.47 Å². The van der Waals surface area contributed by atoms with Crippen LogP contribution in [-0.4, -0.2) is 47.1 Å². The van der Waals surface area contributed by atoms with E-state index < -0.39 is 23.9 Å². The van der Waals surface area contributed by atoms with Crippen LogP contribution in [0.25, 0.3) is 0 Å². The number of rotatable bonds is 11. The third-order valence-corrected chi connectivity index (χ3v) is 6.22. The van der Waals surface area contributed by atoms with Gasteiger partial charge < -0.3 is 30.3 Å². The SMILES string of the molecule is COc1cc(CC(NC(=O)c2ccc(NC(=O)Cc3ccccc3)cc2)C(=O)O)ccc1OC(=O)c1ccc(O)cc1. The third-order valence-electron chi connectivity index (χ3n) is 6.22. The molecule has 0 bridgehead atoms. The van der Waals surface area contributed by atoms with Crippen LogP contribution in [-0.2, 0) is 22.4 Å². The number of methoxy groups -OCH3 is 1. The summed E-state index contributed by atoms with van der Waals surface area (Å²) in [6.45, 7) is 0. The number of carboxylic acids is 1. The molecule has 0 spiro atoms. The van der Waals surface area contributed by atoms with Crippen molar-refractivity contribution in [1.29, 1.82) is 0 Å². The molecular weight excluding hydrogens is 540 g/mol. The summed E-state index contributed by atoms with van der Waals surface area (Å²) in [4.78, 5) is 49.5. The molecule has 4 N–H and O–H groups in total. The number of esters is 1. The lowest BCUT2D eigenvalue weighted by molar-refractivity contribution is -0.139. The highest BCUT2D eigenvalue weighted by Gasteiger charge is 2.22. The first-order valence-electron chi connectivity index (χ1n) is 12.9. The minimum atomic E-state index is -1.27. The van der Waals surface area contributed by atoms with Gasteiger partial charge in [-0.2, -0.15) is 0 Å². The molecule has 1 unspecified atom stereocenters. The molecular formula is C32H28N2O8. The zero-order valence-electron chi connectivity index (χ0n) is 22.6. The second-order valence-electron chi connectivity index (χ2n) is 9.28. The summed E-state index contributed by atoms with van der Waals surface area (Å²) in [6, 6.07) is 24.2. The molecule has 0 aromatic heterocycles. The molecule has 214 valence electrons. The summed E-state index contributed by atoms with van der Waals surface area (Å²) in [5, 5.41) is 24.4. The number of amides is 2. The number of ether oxygens (including phenoxy) is 2. The largest absolute Gasteiger partial charge is 0.508 e. The highest BCUT2D eigenvalue weighted by Crippen LogP contribution is 2.29. The Labute approximate surface area is 241 Å². The number of carboxylic acid groups (broad SMARTS) is 1. The second-order valence-corrected chi connectivity index (χ2v) is 9.28. The van der Waals surface area contributed by atoms with Gasteiger partial charge >= 0.3 is 11.9 Å². The summed E-state index contributed by atoms with van der Waals surface area (Å²) < 4.78 is 10.7. The Kier molecular flexibility index (Phi) is 9.52. The number of nitrogens with one attached hydrogen (secondary N) is 2. The van der Waals surface area contributed by atoms with Gasteiger partial charge in [0.05, 0.1) is 19.1 Å². The van der Waals surface area contributed by atoms with Crippen molar-refractivity contribution in [3.8, 4) is 17.2 Å². The molecule has 42 heavy (non-hydrogen) atoms. The topological polar surface area (TPSA) is 151 Å². The molecule has 0 heterocycles. The molecule has 0 fully saturated rings. The molecule has 0 aliphatic heterocycles. The van der Waals surface area contributed by atoms with Crippen molar-refractivity contribution in [3.63, 3.8) is 0 Å². The highest BCUT2D eigenvalue weighted by molar-refractivity contribution is 5.98. The Balaban J connectivity index is 1.37. The van der Waals surface area contributed by atoms with Crippen molar-refractivity contribution in [2.24, 2.45) is 0 Å². The molecule has 0 radical (unpaired) electrons. The maximum absolute atomic E-state index is 12.8. The average Bonchev–Trinajstić information content (AvgIpc) is 2.98. The number of aromatic hydroxyl groups is 1. The van der Waals surface area contributed by atoms with Gasteiger partial charge in [0.25, 0.3) is 5.91 Å². The number of carbonyl (C=O) groups excluding carboxylic acids is 3. The Morgan fingerprint density at radius 2 is 1.45 bits per heavy atom. The van der Waals surface area contributed by atoms with Crippen molar-refractivity contribution < 1.29 is 38.9 Å². The van der Waals surface area contributed by atoms with Gasteiger partial charge in [0.1, 0.15) is 11.8 Å². The Morgan fingerprint density at radius 1 is 0.786 bits per heavy atom. The van der Waals surface area contributed by atoms with E-state index in [0.29, 0.717) is 11.3 Å². The van der Waals surface area contributed by atoms with Crippen LogP contribution in [0.5, 0.6) is 17.2 Å². The fourth-order valence-electron chi connectivity index (χ4n) is 4.05. The van der Waals surface area contributed by atoms with Crippen LogP contribution in [0.2, 0.25) is 0 Å². The quantitative estimate of drug-likeness (QED) is 0.155. The van der Waals surface area contributed by atoms with Crippen molar-refractivity contribution in [2.45, 2.75) is 18.9 Å². The first-order chi connectivity index (χ1) is 20.2. The molecule has 0 saturated carbocycles. The highest BCUT2D eigenvalue weighted by atomic mass is 16.6. The van der Waals surface area contributed by atoms with Gasteiger partial charge in [-0.25, -0.2) is 9.59 Å². The van der Waals surface area contributed by atoms with Crippen molar-refractivity contribution in [2.75, 3.05) is 12.4 Å². The first kappa shape index (κ1) is 29.3. The molecule has 4 aromatic carbocycles. The number of phenols is 1. The molecule has 0 aliphatic carbocycles. The number of hydrogen-bond acceptors (Lipinski definition) is 7. The van der Waals surface area contributed by atoms with Gasteiger partial charge in [-0.1, -0.05) is 36.4 Å². The number of benzene rings is 4. The molecule has 0 aliphatic rings. The summed E-state index contributed by atoms with van der Waals surface area (Å²) in [5.41, 5.74) is 2.32. The Hall–Kier alpha value is -5.64. The summed E-state index contributed by atoms with van der Waals surface area (Å²) in [5.74, 6) is -2.40. The van der Waals surface area contributed by atoms with Gasteiger partial charge in [-0.05, 0) is 71.8 Å². The number of phenolic OH excluding ortho intramolecular Hbond substituents is 1. The molecule has 4 aromatic rings. The number of aliphatic carboxylic acids is 1. The molecule has 10 heteroatoms. The van der Waals surface area contributed by atoms with E-state index in [1.165, 1.54) is 55.6 Å². The fourth-order valence-corrected chi connectivity index (χ4v) is 4.05. The molecule has 2 amide bonds. The van der Waals surface area contributed by atoms with E-state index >= 15 is 0 Å². The van der Waals surface area contributed by atoms with Crippen molar-refractivity contribution in [1.82, 2.24) is 5.32 Å². The number of carbonyl (C=O) groups is 4. The maximum atomic E-state index is 12.8. The molecule has 0 saturated heterocycles. The van der Waals surface area contributed by atoms with Crippen molar-refractivity contribution in [3.05, 3.63) is 119 Å². The lowest BCUT2D eigenvalue weighted by atomic mass is 10.0. The minimum Gasteiger partial charge on any atom is -0.508 e. The zero-order chi connectivity index (χ0) is 30.1. The van der Waals surface area contributed by atoms with E-state index in [9.17, 15) is 29.4 Å². The van der Waals surface area contributed by atoms with Gasteiger partial charge in [0, 0.05) is 17.7 Å². The van der Waals surface area contributed by atoms with E-state index in [1.54, 1.807) is 18.2 Å². The van der Waals surface area contributed by atoms with Crippen LogP contribution >= 0.6 is 0 Å². The summed E-state index contributed by atoms with van der Waals surface area (Å²) in [7, 11) is 1.38. The number of anilines is 1. The van der Waals surface area contributed by atoms with Crippen LogP contribution in [0, 0.1) is 0 Å². The number of hydrogen-bond donors (Lipinski definition) is 4. The summed E-state index contributed by atoms with van der Waals surface area (Å²) >= 11 is 0. The second kappa shape index (κ2) is 13.6. The van der Waals surface area contributed by atoms with Crippen LogP contribution in [0.4, 0.5) is 5.69 Å². The van der Waals surface area contributed by atoms with E-state index in [0.717, 1.165) is 5.56 Å². The van der Waals surface area contributed by atoms with Gasteiger partial charge in [-0.3, -0.25) is 9.59 Å². The van der Waals surface area contributed by atoms with Crippen molar-refractivity contribution >= 4 is 29.4 Å². The Morgan fingerprint density at radius 3 is 2.10 bits per heavy atom. The van der Waals surface area contributed by atoms with E-state index in [-0.39, 0.29) is 47.1 Å². The van der Waals surface area contributed by atoms with Gasteiger partial charge in [0.2, 0.25) is 5.91 Å². The normalized spacial score (nSPS) is 11.2. The van der Waals surface area contributed by atoms with E-state index in [2.05, 4.69) is 10.6 Å². The average molecular weight is 569 g/mol. The smallest absolute Gasteiger partial charge is 0.343 e. The monoisotopic (exact) mass is 568 g/mol. The summed E-state index contributed by atoms with van der Waals surface area (Å²) in [6.07, 6.45) is 0.132. The zero-order valence-corrected chi connectivity index (χ0v) is 22.6. The van der Waals surface area contributed by atoms with Crippen LogP contribution in [0.15, 0.2) is 97.1 Å². The maximum Gasteiger partial charge on any atom is 0.343 e. The third kappa shape index (κ3) is 7.95. The van der Waals surface area contributed by atoms with Gasteiger partial charge in [-0.15, -0.1) is 0 Å². The van der Waals surface area contributed by atoms with Crippen LogP contribution in [0.3, 0.4) is 0 Å². The van der Waals surface area contributed by atoms with E-state index in [1.807, 2.05) is 30.3 Å². The minimum absolute atomic E-state index is 0.00796. The Bertz CT molecular complexity index is 1570.